The fourth-order valence-corrected chi connectivity index (χ4v) is 1.31. The van der Waals surface area contributed by atoms with Gasteiger partial charge in [-0.3, -0.25) is 0 Å². The number of aromatic nitrogens is 1. The highest BCUT2D eigenvalue weighted by atomic mass is 16.5. The molecule has 0 saturated heterocycles. The van der Waals surface area contributed by atoms with Gasteiger partial charge in [-0.2, -0.15) is 0 Å². The molecule has 0 spiro atoms. The van der Waals surface area contributed by atoms with Crippen LogP contribution >= 0.6 is 0 Å². The summed E-state index contributed by atoms with van der Waals surface area (Å²) in [6.07, 6.45) is 4.16. The first-order valence-electron chi connectivity index (χ1n) is 5.27. The second-order valence-corrected chi connectivity index (χ2v) is 3.51. The van der Waals surface area contributed by atoms with Gasteiger partial charge in [-0.25, -0.2) is 4.79 Å². The van der Waals surface area contributed by atoms with Crippen LogP contribution in [0.25, 0.3) is 6.08 Å². The van der Waals surface area contributed by atoms with Crippen molar-refractivity contribution < 1.29 is 19.2 Å². The Bertz CT molecular complexity index is 529. The highest BCUT2D eigenvalue weighted by Crippen LogP contribution is 2.14. The molecule has 0 radical (unpaired) electrons. The summed E-state index contributed by atoms with van der Waals surface area (Å²) in [5, 5.41) is 12.1. The van der Waals surface area contributed by atoms with E-state index in [-0.39, 0.29) is 0 Å². The third kappa shape index (κ3) is 3.48. The lowest BCUT2D eigenvalue weighted by Gasteiger charge is -2.03. The lowest BCUT2D eigenvalue weighted by molar-refractivity contribution is -0.131. The number of benzene rings is 1. The van der Waals surface area contributed by atoms with Crippen LogP contribution in [-0.2, 0) is 11.4 Å². The third-order valence-electron chi connectivity index (χ3n) is 2.17. The van der Waals surface area contributed by atoms with E-state index in [0.717, 1.165) is 11.6 Å². The van der Waals surface area contributed by atoms with E-state index >= 15 is 0 Å². The van der Waals surface area contributed by atoms with Gasteiger partial charge in [0.15, 0.2) is 5.76 Å². The van der Waals surface area contributed by atoms with Gasteiger partial charge in [0.2, 0.25) is 0 Å². The van der Waals surface area contributed by atoms with Crippen molar-refractivity contribution >= 4 is 12.0 Å². The van der Waals surface area contributed by atoms with E-state index in [9.17, 15) is 4.79 Å². The molecule has 18 heavy (non-hydrogen) atoms. The molecule has 0 amide bonds. The van der Waals surface area contributed by atoms with Gasteiger partial charge in [-0.05, 0) is 23.8 Å². The summed E-state index contributed by atoms with van der Waals surface area (Å²) in [7, 11) is 0. The van der Waals surface area contributed by atoms with Gasteiger partial charge in [-0.1, -0.05) is 17.3 Å². The van der Waals surface area contributed by atoms with Crippen molar-refractivity contribution in [3.63, 3.8) is 0 Å². The number of rotatable bonds is 5. The minimum atomic E-state index is -0.972. The SMILES string of the molecule is O=C(O)/C=C/c1ccc(OCc2ccno2)cc1. The van der Waals surface area contributed by atoms with Crippen molar-refractivity contribution in [2.75, 3.05) is 0 Å². The van der Waals surface area contributed by atoms with Crippen molar-refractivity contribution in [2.24, 2.45) is 0 Å². The van der Waals surface area contributed by atoms with E-state index in [0.29, 0.717) is 18.1 Å². The zero-order chi connectivity index (χ0) is 12.8. The minimum absolute atomic E-state index is 0.310. The molecule has 0 fully saturated rings. The van der Waals surface area contributed by atoms with Crippen LogP contribution in [-0.4, -0.2) is 16.2 Å². The molecule has 92 valence electrons. The van der Waals surface area contributed by atoms with E-state index in [1.54, 1.807) is 36.5 Å². The summed E-state index contributed by atoms with van der Waals surface area (Å²) < 4.78 is 10.3. The molecule has 0 unspecified atom stereocenters. The highest BCUT2D eigenvalue weighted by Gasteiger charge is 1.99. The number of hydrogen-bond acceptors (Lipinski definition) is 4. The maximum Gasteiger partial charge on any atom is 0.328 e. The molecule has 2 aromatic rings. The molecule has 0 aliphatic heterocycles. The second kappa shape index (κ2) is 5.67. The average Bonchev–Trinajstić information content (AvgIpc) is 2.88. The molecule has 0 atom stereocenters. The van der Waals surface area contributed by atoms with Crippen LogP contribution in [0, 0.1) is 0 Å². The van der Waals surface area contributed by atoms with E-state index in [2.05, 4.69) is 5.16 Å². The van der Waals surface area contributed by atoms with Crippen LogP contribution in [0.4, 0.5) is 0 Å². The minimum Gasteiger partial charge on any atom is -0.486 e. The molecule has 0 saturated carbocycles. The molecule has 0 aliphatic rings. The Morgan fingerprint density at radius 2 is 2.11 bits per heavy atom. The molecule has 1 heterocycles. The van der Waals surface area contributed by atoms with Crippen molar-refractivity contribution in [1.82, 2.24) is 5.16 Å². The Kier molecular flexibility index (Phi) is 3.76. The van der Waals surface area contributed by atoms with Crippen LogP contribution in [0.2, 0.25) is 0 Å². The molecule has 0 aliphatic carbocycles. The van der Waals surface area contributed by atoms with Crippen molar-refractivity contribution in [2.45, 2.75) is 6.61 Å². The quantitative estimate of drug-likeness (QED) is 0.818. The molecule has 1 aromatic carbocycles. The standard InChI is InChI=1S/C13H11NO4/c15-13(16)6-3-10-1-4-11(5-2-10)17-9-12-7-8-14-18-12/h1-8H,9H2,(H,15,16)/b6-3+. The second-order valence-electron chi connectivity index (χ2n) is 3.51. The van der Waals surface area contributed by atoms with Gasteiger partial charge in [0, 0.05) is 12.1 Å². The number of carboxylic acid groups (broad SMARTS) is 1. The zero-order valence-corrected chi connectivity index (χ0v) is 9.45. The zero-order valence-electron chi connectivity index (χ0n) is 9.45. The predicted octanol–water partition coefficient (Wildman–Crippen LogP) is 2.35. The Morgan fingerprint density at radius 3 is 2.72 bits per heavy atom. The third-order valence-corrected chi connectivity index (χ3v) is 2.17. The van der Waals surface area contributed by atoms with Crippen molar-refractivity contribution in [1.29, 1.82) is 0 Å². The van der Waals surface area contributed by atoms with Crippen LogP contribution in [0.1, 0.15) is 11.3 Å². The lowest BCUT2D eigenvalue weighted by Crippen LogP contribution is -1.93. The van der Waals surface area contributed by atoms with E-state index in [4.69, 9.17) is 14.4 Å². The summed E-state index contributed by atoms with van der Waals surface area (Å²) in [5.41, 5.74) is 0.796. The maximum atomic E-state index is 10.3. The first kappa shape index (κ1) is 11.9. The summed E-state index contributed by atoms with van der Waals surface area (Å²) >= 11 is 0. The van der Waals surface area contributed by atoms with Gasteiger partial charge in [0.25, 0.3) is 0 Å². The molecular formula is C13H11NO4. The number of aliphatic carboxylic acids is 1. The van der Waals surface area contributed by atoms with E-state index in [1.807, 2.05) is 0 Å². The van der Waals surface area contributed by atoms with Crippen LogP contribution in [0.3, 0.4) is 0 Å². The van der Waals surface area contributed by atoms with Crippen LogP contribution in [0.5, 0.6) is 5.75 Å². The van der Waals surface area contributed by atoms with Crippen LogP contribution in [0.15, 0.2) is 47.1 Å². The number of carbonyl (C=O) groups is 1. The van der Waals surface area contributed by atoms with Gasteiger partial charge in [0.1, 0.15) is 12.4 Å². The van der Waals surface area contributed by atoms with Gasteiger partial charge in [-0.15, -0.1) is 0 Å². The monoisotopic (exact) mass is 245 g/mol. The van der Waals surface area contributed by atoms with Gasteiger partial charge >= 0.3 is 5.97 Å². The van der Waals surface area contributed by atoms with Crippen LogP contribution < -0.4 is 4.74 Å². The normalized spacial score (nSPS) is 10.7. The van der Waals surface area contributed by atoms with Crippen molar-refractivity contribution in [3.8, 4) is 5.75 Å². The molecule has 2 rings (SSSR count). The molecular weight excluding hydrogens is 234 g/mol. The molecule has 5 nitrogen and oxygen atoms in total. The summed E-state index contributed by atoms with van der Waals surface area (Å²) in [5.74, 6) is 0.351. The van der Waals surface area contributed by atoms with E-state index < -0.39 is 5.97 Å². The Balaban J connectivity index is 1.93. The van der Waals surface area contributed by atoms with Gasteiger partial charge in [0.05, 0.1) is 6.20 Å². The molecule has 5 heteroatoms. The maximum absolute atomic E-state index is 10.3. The number of carboxylic acids is 1. The average molecular weight is 245 g/mol. The van der Waals surface area contributed by atoms with E-state index in [1.165, 1.54) is 6.08 Å². The predicted molar refractivity (Wildman–Crippen MR) is 63.9 cm³/mol. The number of hydrogen-bond donors (Lipinski definition) is 1. The van der Waals surface area contributed by atoms with Crippen molar-refractivity contribution in [3.05, 3.63) is 53.9 Å². The topological polar surface area (TPSA) is 72.6 Å². The summed E-state index contributed by atoms with van der Waals surface area (Å²) in [4.78, 5) is 10.3. The molecule has 0 bridgehead atoms. The first-order chi connectivity index (χ1) is 8.74. The Hall–Kier alpha value is -2.56. The molecule has 1 aromatic heterocycles. The summed E-state index contributed by atoms with van der Waals surface area (Å²) in [6.45, 7) is 0.310. The first-order valence-corrected chi connectivity index (χ1v) is 5.27. The highest BCUT2D eigenvalue weighted by molar-refractivity contribution is 5.85. The number of ether oxygens (including phenoxy) is 1. The fraction of sp³-hybridized carbons (Fsp3) is 0.0769. The fourth-order valence-electron chi connectivity index (χ4n) is 1.31. The Morgan fingerprint density at radius 1 is 1.33 bits per heavy atom. The molecule has 1 N–H and O–H groups in total. The van der Waals surface area contributed by atoms with Gasteiger partial charge < -0.3 is 14.4 Å². The number of nitrogens with zero attached hydrogens (tertiary/aromatic N) is 1. The largest absolute Gasteiger partial charge is 0.486 e. The lowest BCUT2D eigenvalue weighted by atomic mass is 10.2. The summed E-state index contributed by atoms with van der Waals surface area (Å²) in [6, 6.07) is 8.80. The smallest absolute Gasteiger partial charge is 0.328 e. The Labute approximate surface area is 103 Å².